The Labute approximate surface area is 205 Å². The standard InChI is InChI=1S/C27H34N4O4/c1-4-5-15-31-24(28)23(25(32)29-27(31)34)30(16-14-19(2)3)26(33)21-12-9-13-22(17-21)35-18-20-10-7-6-8-11-20/h6-13,17,19H,4-5,14-16,18,28H2,1-3H3,(H,29,32,34). The molecule has 3 aromatic rings. The number of carbonyl (C=O) groups excluding carboxylic acids is 1. The summed E-state index contributed by atoms with van der Waals surface area (Å²) in [4.78, 5) is 42.6. The van der Waals surface area contributed by atoms with Gasteiger partial charge in [-0.25, -0.2) is 4.79 Å². The Morgan fingerprint density at radius 2 is 1.86 bits per heavy atom. The predicted octanol–water partition coefficient (Wildman–Crippen LogP) is 4.19. The third kappa shape index (κ3) is 6.62. The van der Waals surface area contributed by atoms with E-state index in [9.17, 15) is 14.4 Å². The number of H-pyrrole nitrogens is 1. The molecule has 186 valence electrons. The first-order chi connectivity index (χ1) is 16.8. The van der Waals surface area contributed by atoms with Gasteiger partial charge in [-0.15, -0.1) is 0 Å². The number of nitrogens with one attached hydrogen (secondary N) is 1. The number of ether oxygens (including phenoxy) is 1. The van der Waals surface area contributed by atoms with Gasteiger partial charge in [0.05, 0.1) is 0 Å². The number of hydrogen-bond donors (Lipinski definition) is 2. The summed E-state index contributed by atoms with van der Waals surface area (Å²) in [5.41, 5.74) is 6.45. The molecule has 1 aromatic heterocycles. The number of aromatic amines is 1. The highest BCUT2D eigenvalue weighted by molar-refractivity contribution is 6.07. The third-order valence-electron chi connectivity index (χ3n) is 5.72. The molecule has 8 nitrogen and oxygen atoms in total. The summed E-state index contributed by atoms with van der Waals surface area (Å²) in [7, 11) is 0. The Hall–Kier alpha value is -3.81. The summed E-state index contributed by atoms with van der Waals surface area (Å²) in [6.07, 6.45) is 2.23. The zero-order valence-electron chi connectivity index (χ0n) is 20.6. The first kappa shape index (κ1) is 25.8. The van der Waals surface area contributed by atoms with Crippen molar-refractivity contribution in [3.05, 3.63) is 86.6 Å². The minimum Gasteiger partial charge on any atom is -0.489 e. The summed E-state index contributed by atoms with van der Waals surface area (Å²) in [5, 5.41) is 0. The molecule has 3 N–H and O–H groups in total. The molecule has 0 saturated carbocycles. The summed E-state index contributed by atoms with van der Waals surface area (Å²) < 4.78 is 7.21. The number of nitrogens with zero attached hydrogens (tertiary/aromatic N) is 2. The molecule has 2 aromatic carbocycles. The van der Waals surface area contributed by atoms with Crippen LogP contribution in [0.1, 0.15) is 56.0 Å². The molecule has 0 saturated heterocycles. The number of aromatic nitrogens is 2. The Bertz CT molecular complexity index is 1250. The van der Waals surface area contributed by atoms with Crippen LogP contribution in [0.5, 0.6) is 5.75 Å². The number of nitrogen functional groups attached to an aromatic ring is 1. The van der Waals surface area contributed by atoms with Crippen molar-refractivity contribution in [2.45, 2.75) is 53.2 Å². The molecule has 0 fully saturated rings. The molecule has 0 spiro atoms. The maximum atomic E-state index is 13.7. The number of unbranched alkanes of at least 4 members (excludes halogenated alkanes) is 1. The van der Waals surface area contributed by atoms with Crippen molar-refractivity contribution in [3.8, 4) is 5.75 Å². The maximum absolute atomic E-state index is 13.7. The van der Waals surface area contributed by atoms with E-state index in [1.165, 1.54) is 9.47 Å². The van der Waals surface area contributed by atoms with Gasteiger partial charge in [0.15, 0.2) is 5.69 Å². The number of hydrogen-bond acceptors (Lipinski definition) is 5. The van der Waals surface area contributed by atoms with Crippen LogP contribution in [0, 0.1) is 5.92 Å². The molecular formula is C27H34N4O4. The van der Waals surface area contributed by atoms with Crippen molar-refractivity contribution in [2.24, 2.45) is 5.92 Å². The van der Waals surface area contributed by atoms with E-state index in [4.69, 9.17) is 10.5 Å². The Balaban J connectivity index is 1.96. The second-order valence-corrected chi connectivity index (χ2v) is 8.94. The van der Waals surface area contributed by atoms with Crippen molar-refractivity contribution >= 4 is 17.4 Å². The maximum Gasteiger partial charge on any atom is 0.330 e. The van der Waals surface area contributed by atoms with E-state index >= 15 is 0 Å². The van der Waals surface area contributed by atoms with Crippen LogP contribution in [-0.2, 0) is 13.2 Å². The van der Waals surface area contributed by atoms with Crippen molar-refractivity contribution in [3.63, 3.8) is 0 Å². The van der Waals surface area contributed by atoms with Gasteiger partial charge in [-0.2, -0.15) is 0 Å². The minimum atomic E-state index is -0.672. The van der Waals surface area contributed by atoms with Crippen LogP contribution in [0.4, 0.5) is 11.5 Å². The lowest BCUT2D eigenvalue weighted by Gasteiger charge is -2.25. The number of rotatable bonds is 11. The number of amides is 1. The Kier molecular flexibility index (Phi) is 8.89. The summed E-state index contributed by atoms with van der Waals surface area (Å²) in [5.74, 6) is 0.449. The van der Waals surface area contributed by atoms with Crippen LogP contribution in [0.2, 0.25) is 0 Å². The second kappa shape index (κ2) is 12.1. The zero-order valence-corrected chi connectivity index (χ0v) is 20.6. The minimum absolute atomic E-state index is 0.000730. The molecule has 0 radical (unpaired) electrons. The molecule has 0 bridgehead atoms. The number of nitrogens with two attached hydrogens (primary N) is 1. The Morgan fingerprint density at radius 3 is 2.54 bits per heavy atom. The van der Waals surface area contributed by atoms with E-state index < -0.39 is 11.2 Å². The highest BCUT2D eigenvalue weighted by Gasteiger charge is 2.25. The molecule has 1 heterocycles. The van der Waals surface area contributed by atoms with Gasteiger partial charge in [0.2, 0.25) is 0 Å². The number of carbonyl (C=O) groups is 1. The van der Waals surface area contributed by atoms with Crippen LogP contribution in [0.15, 0.2) is 64.2 Å². The zero-order chi connectivity index (χ0) is 25.4. The molecule has 0 atom stereocenters. The summed E-state index contributed by atoms with van der Waals surface area (Å²) in [6.45, 7) is 7.08. The predicted molar refractivity (Wildman–Crippen MR) is 139 cm³/mol. The molecule has 0 aliphatic carbocycles. The van der Waals surface area contributed by atoms with Crippen molar-refractivity contribution in [2.75, 3.05) is 17.2 Å². The van der Waals surface area contributed by atoms with Gasteiger partial charge >= 0.3 is 5.69 Å². The van der Waals surface area contributed by atoms with E-state index in [2.05, 4.69) is 4.98 Å². The molecule has 3 rings (SSSR count). The fourth-order valence-electron chi connectivity index (χ4n) is 3.69. The molecule has 0 aliphatic rings. The molecule has 0 unspecified atom stereocenters. The molecule has 35 heavy (non-hydrogen) atoms. The lowest BCUT2D eigenvalue weighted by Crippen LogP contribution is -2.42. The second-order valence-electron chi connectivity index (χ2n) is 8.94. The van der Waals surface area contributed by atoms with Gasteiger partial charge in [0, 0.05) is 18.7 Å². The highest BCUT2D eigenvalue weighted by Crippen LogP contribution is 2.23. The fourth-order valence-corrected chi connectivity index (χ4v) is 3.69. The first-order valence-corrected chi connectivity index (χ1v) is 12.0. The highest BCUT2D eigenvalue weighted by atomic mass is 16.5. The summed E-state index contributed by atoms with van der Waals surface area (Å²) >= 11 is 0. The van der Waals surface area contributed by atoms with E-state index in [0.717, 1.165) is 18.4 Å². The van der Waals surface area contributed by atoms with Crippen LogP contribution in [-0.4, -0.2) is 22.0 Å². The normalized spacial score (nSPS) is 11.0. The first-order valence-electron chi connectivity index (χ1n) is 12.0. The molecule has 8 heteroatoms. The quantitative estimate of drug-likeness (QED) is 0.429. The van der Waals surface area contributed by atoms with Gasteiger partial charge in [-0.3, -0.25) is 19.1 Å². The van der Waals surface area contributed by atoms with E-state index in [1.807, 2.05) is 51.1 Å². The monoisotopic (exact) mass is 478 g/mol. The van der Waals surface area contributed by atoms with Gasteiger partial charge in [-0.05, 0) is 42.5 Å². The van der Waals surface area contributed by atoms with Crippen molar-refractivity contribution in [1.29, 1.82) is 0 Å². The molecule has 1 amide bonds. The van der Waals surface area contributed by atoms with Crippen molar-refractivity contribution in [1.82, 2.24) is 9.55 Å². The van der Waals surface area contributed by atoms with Crippen LogP contribution in [0.25, 0.3) is 0 Å². The largest absolute Gasteiger partial charge is 0.489 e. The number of benzene rings is 2. The van der Waals surface area contributed by atoms with Gasteiger partial charge < -0.3 is 15.4 Å². The van der Waals surface area contributed by atoms with Crippen LogP contribution < -0.4 is 26.6 Å². The molecular weight excluding hydrogens is 444 g/mol. The molecule has 0 aliphatic heterocycles. The van der Waals surface area contributed by atoms with Gasteiger partial charge in [0.1, 0.15) is 18.2 Å². The van der Waals surface area contributed by atoms with Gasteiger partial charge in [0.25, 0.3) is 11.5 Å². The SMILES string of the molecule is CCCCn1c(N)c(N(CCC(C)C)C(=O)c2cccc(OCc3ccccc3)c2)c(=O)[nH]c1=O. The topological polar surface area (TPSA) is 110 Å². The smallest absolute Gasteiger partial charge is 0.330 e. The average molecular weight is 479 g/mol. The van der Waals surface area contributed by atoms with Crippen LogP contribution in [0.3, 0.4) is 0 Å². The number of anilines is 2. The average Bonchev–Trinajstić information content (AvgIpc) is 2.84. The lowest BCUT2D eigenvalue weighted by atomic mass is 10.1. The Morgan fingerprint density at radius 1 is 1.11 bits per heavy atom. The third-order valence-corrected chi connectivity index (χ3v) is 5.72. The lowest BCUT2D eigenvalue weighted by molar-refractivity contribution is 0.0985. The summed E-state index contributed by atoms with van der Waals surface area (Å²) in [6, 6.07) is 16.6. The van der Waals surface area contributed by atoms with Crippen molar-refractivity contribution < 1.29 is 9.53 Å². The fraction of sp³-hybridized carbons (Fsp3) is 0.370. The van der Waals surface area contributed by atoms with Crippen LogP contribution >= 0.6 is 0 Å². The van der Waals surface area contributed by atoms with E-state index in [0.29, 0.717) is 30.9 Å². The van der Waals surface area contributed by atoms with E-state index in [1.54, 1.807) is 24.3 Å². The van der Waals surface area contributed by atoms with E-state index in [-0.39, 0.29) is 29.9 Å². The van der Waals surface area contributed by atoms with Gasteiger partial charge in [-0.1, -0.05) is 63.6 Å².